The molecule has 1 N–H and O–H groups in total. The first kappa shape index (κ1) is 13.6. The van der Waals surface area contributed by atoms with Crippen LogP contribution < -0.4 is 5.32 Å². The molecule has 100 valence electrons. The number of nitrogens with zero attached hydrogens (tertiary/aromatic N) is 4. The van der Waals surface area contributed by atoms with Gasteiger partial charge in [-0.1, -0.05) is 0 Å². The normalized spacial score (nSPS) is 10.4. The first-order valence-corrected chi connectivity index (χ1v) is 6.67. The summed E-state index contributed by atoms with van der Waals surface area (Å²) in [6, 6.07) is 1.74. The lowest BCUT2D eigenvalue weighted by Crippen LogP contribution is -2.32. The van der Waals surface area contributed by atoms with Gasteiger partial charge in [0.15, 0.2) is 10.8 Å². The molecule has 2 heterocycles. The van der Waals surface area contributed by atoms with Gasteiger partial charge in [-0.3, -0.25) is 4.79 Å². The predicted octanol–water partition coefficient (Wildman–Crippen LogP) is 0.892. The number of aromatic nitrogens is 3. The van der Waals surface area contributed by atoms with E-state index in [-0.39, 0.29) is 5.91 Å². The maximum absolute atomic E-state index is 12.1. The summed E-state index contributed by atoms with van der Waals surface area (Å²) in [5, 5.41) is 3.67. The number of rotatable bonds is 5. The van der Waals surface area contributed by atoms with Gasteiger partial charge in [0, 0.05) is 32.5 Å². The number of carbonyl (C=O) groups is 1. The Kier molecular flexibility index (Phi) is 4.53. The molecule has 19 heavy (non-hydrogen) atoms. The molecule has 1 amide bonds. The second kappa shape index (κ2) is 6.35. The van der Waals surface area contributed by atoms with E-state index in [1.165, 1.54) is 11.3 Å². The molecule has 0 radical (unpaired) electrons. The van der Waals surface area contributed by atoms with Gasteiger partial charge in [-0.05, 0) is 13.1 Å². The quantitative estimate of drug-likeness (QED) is 0.879. The van der Waals surface area contributed by atoms with E-state index in [4.69, 9.17) is 0 Å². The number of carbonyl (C=O) groups excluding carboxylic acids is 1. The van der Waals surface area contributed by atoms with Crippen molar-refractivity contribution in [3.05, 3.63) is 29.5 Å². The highest BCUT2D eigenvalue weighted by Crippen LogP contribution is 2.22. The standard InChI is InChI=1S/C12H15N5OS/c1-13-6-7-17(2)12(18)9-8-16-11(19-9)10-14-4-3-5-15-10/h3-5,8,13H,6-7H2,1-2H3. The topological polar surface area (TPSA) is 71.0 Å². The molecule has 2 rings (SSSR count). The van der Waals surface area contributed by atoms with Gasteiger partial charge in [-0.2, -0.15) is 0 Å². The molecule has 2 aromatic heterocycles. The van der Waals surface area contributed by atoms with Crippen molar-refractivity contribution in [1.82, 2.24) is 25.2 Å². The van der Waals surface area contributed by atoms with Crippen LogP contribution in [0.5, 0.6) is 0 Å². The fraction of sp³-hybridized carbons (Fsp3) is 0.333. The Balaban J connectivity index is 2.11. The molecular weight excluding hydrogens is 262 g/mol. The fourth-order valence-corrected chi connectivity index (χ4v) is 2.31. The minimum atomic E-state index is -0.0325. The molecule has 0 saturated carbocycles. The zero-order valence-corrected chi connectivity index (χ0v) is 11.6. The van der Waals surface area contributed by atoms with Crippen molar-refractivity contribution in [2.45, 2.75) is 0 Å². The molecular formula is C12H15N5OS. The van der Waals surface area contributed by atoms with Crippen LogP contribution in [0.25, 0.3) is 10.8 Å². The Hall–Kier alpha value is -1.86. The Labute approximate surface area is 115 Å². The first-order valence-electron chi connectivity index (χ1n) is 5.85. The van der Waals surface area contributed by atoms with E-state index < -0.39 is 0 Å². The van der Waals surface area contributed by atoms with Gasteiger partial charge >= 0.3 is 0 Å². The third kappa shape index (κ3) is 3.33. The van der Waals surface area contributed by atoms with Crippen LogP contribution >= 0.6 is 11.3 Å². The molecule has 0 aliphatic carbocycles. The van der Waals surface area contributed by atoms with Crippen LogP contribution in [0.2, 0.25) is 0 Å². The van der Waals surface area contributed by atoms with Crippen molar-refractivity contribution < 1.29 is 4.79 Å². The molecule has 2 aromatic rings. The van der Waals surface area contributed by atoms with Crippen LogP contribution in [0, 0.1) is 0 Å². The van der Waals surface area contributed by atoms with Crippen molar-refractivity contribution in [2.75, 3.05) is 27.2 Å². The summed E-state index contributed by atoms with van der Waals surface area (Å²) in [6.45, 7) is 1.42. The molecule has 0 saturated heterocycles. The lowest BCUT2D eigenvalue weighted by molar-refractivity contribution is 0.0801. The molecule has 6 nitrogen and oxygen atoms in total. The Morgan fingerprint density at radius 3 is 2.79 bits per heavy atom. The Bertz CT molecular complexity index is 542. The lowest BCUT2D eigenvalue weighted by Gasteiger charge is -2.15. The second-order valence-corrected chi connectivity index (χ2v) is 4.96. The molecule has 0 unspecified atom stereocenters. The van der Waals surface area contributed by atoms with Gasteiger partial charge in [0.25, 0.3) is 5.91 Å². The maximum Gasteiger partial charge on any atom is 0.265 e. The summed E-state index contributed by atoms with van der Waals surface area (Å²) in [7, 11) is 3.63. The zero-order valence-electron chi connectivity index (χ0n) is 10.8. The average molecular weight is 277 g/mol. The van der Waals surface area contributed by atoms with E-state index >= 15 is 0 Å². The summed E-state index contributed by atoms with van der Waals surface area (Å²) in [5.74, 6) is 0.513. The van der Waals surface area contributed by atoms with E-state index in [1.54, 1.807) is 36.6 Å². The van der Waals surface area contributed by atoms with E-state index in [1.807, 2.05) is 7.05 Å². The van der Waals surface area contributed by atoms with Crippen molar-refractivity contribution in [3.63, 3.8) is 0 Å². The van der Waals surface area contributed by atoms with Crippen molar-refractivity contribution in [1.29, 1.82) is 0 Å². The fourth-order valence-electron chi connectivity index (χ4n) is 1.46. The average Bonchev–Trinajstić information content (AvgIpc) is 2.94. The first-order chi connectivity index (χ1) is 9.22. The summed E-state index contributed by atoms with van der Waals surface area (Å²) in [6.07, 6.45) is 4.89. The van der Waals surface area contributed by atoms with Gasteiger partial charge in [0.2, 0.25) is 0 Å². The molecule has 0 fully saturated rings. The van der Waals surface area contributed by atoms with Gasteiger partial charge in [-0.15, -0.1) is 11.3 Å². The van der Waals surface area contributed by atoms with Crippen molar-refractivity contribution in [2.24, 2.45) is 0 Å². The summed E-state index contributed by atoms with van der Waals surface area (Å²) >= 11 is 1.31. The highest BCUT2D eigenvalue weighted by molar-refractivity contribution is 7.16. The number of hydrogen-bond donors (Lipinski definition) is 1. The largest absolute Gasteiger partial charge is 0.340 e. The van der Waals surface area contributed by atoms with Crippen molar-refractivity contribution >= 4 is 17.2 Å². The Morgan fingerprint density at radius 2 is 2.11 bits per heavy atom. The third-order valence-electron chi connectivity index (χ3n) is 2.52. The number of hydrogen-bond acceptors (Lipinski definition) is 6. The van der Waals surface area contributed by atoms with E-state index in [2.05, 4.69) is 20.3 Å². The number of amides is 1. The number of thiazole rings is 1. The number of likely N-dealkylation sites (N-methyl/N-ethyl adjacent to an activating group) is 2. The van der Waals surface area contributed by atoms with E-state index in [0.717, 1.165) is 6.54 Å². The highest BCUT2D eigenvalue weighted by atomic mass is 32.1. The molecule has 7 heteroatoms. The second-order valence-electron chi connectivity index (χ2n) is 3.93. The predicted molar refractivity (Wildman–Crippen MR) is 74.0 cm³/mol. The Morgan fingerprint density at radius 1 is 1.37 bits per heavy atom. The van der Waals surface area contributed by atoms with E-state index in [9.17, 15) is 4.79 Å². The van der Waals surface area contributed by atoms with Crippen LogP contribution in [-0.2, 0) is 0 Å². The molecule has 0 bridgehead atoms. The van der Waals surface area contributed by atoms with Gasteiger partial charge in [0.05, 0.1) is 6.20 Å². The van der Waals surface area contributed by atoms with Crippen LogP contribution in [0.15, 0.2) is 24.7 Å². The smallest absolute Gasteiger partial charge is 0.265 e. The zero-order chi connectivity index (χ0) is 13.7. The SMILES string of the molecule is CNCCN(C)C(=O)c1cnc(-c2ncccn2)s1. The van der Waals surface area contributed by atoms with Crippen LogP contribution in [0.3, 0.4) is 0 Å². The maximum atomic E-state index is 12.1. The monoisotopic (exact) mass is 277 g/mol. The van der Waals surface area contributed by atoms with Crippen LogP contribution in [-0.4, -0.2) is 52.9 Å². The highest BCUT2D eigenvalue weighted by Gasteiger charge is 2.16. The minimum absolute atomic E-state index is 0.0325. The van der Waals surface area contributed by atoms with Crippen LogP contribution in [0.4, 0.5) is 0 Å². The van der Waals surface area contributed by atoms with Gasteiger partial charge in [-0.25, -0.2) is 15.0 Å². The minimum Gasteiger partial charge on any atom is -0.340 e. The summed E-state index contributed by atoms with van der Waals surface area (Å²) in [5.41, 5.74) is 0. The van der Waals surface area contributed by atoms with Gasteiger partial charge < -0.3 is 10.2 Å². The molecule has 0 atom stereocenters. The van der Waals surface area contributed by atoms with Gasteiger partial charge in [0.1, 0.15) is 4.88 Å². The summed E-state index contributed by atoms with van der Waals surface area (Å²) < 4.78 is 0. The van der Waals surface area contributed by atoms with Crippen molar-refractivity contribution in [3.8, 4) is 10.8 Å². The lowest BCUT2D eigenvalue weighted by atomic mass is 10.4. The number of nitrogens with one attached hydrogen (secondary N) is 1. The summed E-state index contributed by atoms with van der Waals surface area (Å²) in [4.78, 5) is 26.8. The molecule has 0 aliphatic heterocycles. The van der Waals surface area contributed by atoms with E-state index in [0.29, 0.717) is 22.3 Å². The molecule has 0 aromatic carbocycles. The van der Waals surface area contributed by atoms with Crippen LogP contribution in [0.1, 0.15) is 9.67 Å². The molecule has 0 aliphatic rings. The molecule has 0 spiro atoms. The third-order valence-corrected chi connectivity index (χ3v) is 3.50.